The lowest BCUT2D eigenvalue weighted by atomic mass is 10.1. The average molecular weight is 542 g/mol. The summed E-state index contributed by atoms with van der Waals surface area (Å²) < 4.78 is 27.4. The summed E-state index contributed by atoms with van der Waals surface area (Å²) in [7, 11) is 1.64. The number of amides is 1. The van der Waals surface area contributed by atoms with Gasteiger partial charge < -0.3 is 15.5 Å². The first-order valence-corrected chi connectivity index (χ1v) is 10.3. The molecule has 2 aromatic carbocycles. The first-order chi connectivity index (χ1) is 14.6. The van der Waals surface area contributed by atoms with E-state index in [2.05, 4.69) is 27.8 Å². The first kappa shape index (κ1) is 25.0. The molecule has 1 heterocycles. The zero-order valence-electron chi connectivity index (χ0n) is 17.6. The molecule has 0 aliphatic carbocycles. The summed E-state index contributed by atoms with van der Waals surface area (Å²) in [5.74, 6) is -0.145. The minimum Gasteiger partial charge on any atom is -0.356 e. The monoisotopic (exact) mass is 542 g/mol. The van der Waals surface area contributed by atoms with Crippen molar-refractivity contribution in [1.29, 1.82) is 0 Å². The fraction of sp³-hybridized carbons (Fsp3) is 0.391. The van der Waals surface area contributed by atoms with E-state index in [0.29, 0.717) is 25.5 Å². The zero-order chi connectivity index (χ0) is 21.3. The summed E-state index contributed by atoms with van der Waals surface area (Å²) in [4.78, 5) is 18.4. The van der Waals surface area contributed by atoms with Crippen LogP contribution in [0, 0.1) is 17.6 Å². The van der Waals surface area contributed by atoms with Crippen molar-refractivity contribution in [3.8, 4) is 0 Å². The Balaban J connectivity index is 0.00000341. The van der Waals surface area contributed by atoms with E-state index in [1.165, 1.54) is 23.8 Å². The molecular weight excluding hydrogens is 513 g/mol. The lowest BCUT2D eigenvalue weighted by molar-refractivity contribution is -0.127. The molecule has 1 aliphatic heterocycles. The van der Waals surface area contributed by atoms with Gasteiger partial charge in [-0.3, -0.25) is 9.79 Å². The van der Waals surface area contributed by atoms with Gasteiger partial charge in [0.15, 0.2) is 5.96 Å². The van der Waals surface area contributed by atoms with E-state index in [-0.39, 0.29) is 47.8 Å². The van der Waals surface area contributed by atoms with E-state index in [4.69, 9.17) is 0 Å². The summed E-state index contributed by atoms with van der Waals surface area (Å²) >= 11 is 0. The fourth-order valence-corrected chi connectivity index (χ4v) is 3.65. The molecule has 0 spiro atoms. The van der Waals surface area contributed by atoms with Gasteiger partial charge in [0.2, 0.25) is 5.91 Å². The van der Waals surface area contributed by atoms with Crippen LogP contribution in [0.25, 0.3) is 0 Å². The number of guanidine groups is 1. The Kier molecular flexibility index (Phi) is 10.2. The van der Waals surface area contributed by atoms with E-state index in [1.54, 1.807) is 7.05 Å². The van der Waals surface area contributed by atoms with Crippen molar-refractivity contribution in [3.05, 3.63) is 71.3 Å². The van der Waals surface area contributed by atoms with Crippen LogP contribution in [-0.2, 0) is 17.6 Å². The Morgan fingerprint density at radius 3 is 2.45 bits per heavy atom. The van der Waals surface area contributed by atoms with Crippen molar-refractivity contribution in [3.63, 3.8) is 0 Å². The maximum atomic E-state index is 13.7. The second-order valence-electron chi connectivity index (χ2n) is 7.48. The molecule has 1 amide bonds. The molecule has 0 saturated carbocycles. The minimum absolute atomic E-state index is 0. The van der Waals surface area contributed by atoms with E-state index >= 15 is 0 Å². The molecule has 5 nitrogen and oxygen atoms in total. The standard InChI is InChI=1S/C23H28F2N4O.HI/c1-26-23(27-12-10-19-20(24)8-5-9-21(19)25)28-15-18-14-22(30)29(16-18)13-11-17-6-3-2-4-7-17;/h2-9,18H,10-16H2,1H3,(H2,26,27,28);1H. The number of rotatable bonds is 8. The van der Waals surface area contributed by atoms with Gasteiger partial charge >= 0.3 is 0 Å². The van der Waals surface area contributed by atoms with Gasteiger partial charge in [-0.15, -0.1) is 24.0 Å². The van der Waals surface area contributed by atoms with Crippen LogP contribution in [0.15, 0.2) is 53.5 Å². The molecule has 1 saturated heterocycles. The number of aliphatic imine (C=N–C) groups is 1. The highest BCUT2D eigenvalue weighted by molar-refractivity contribution is 14.0. The molecule has 2 N–H and O–H groups in total. The second-order valence-corrected chi connectivity index (χ2v) is 7.48. The van der Waals surface area contributed by atoms with Crippen molar-refractivity contribution < 1.29 is 13.6 Å². The quantitative estimate of drug-likeness (QED) is 0.306. The highest BCUT2D eigenvalue weighted by atomic mass is 127. The molecule has 8 heteroatoms. The number of nitrogens with zero attached hydrogens (tertiary/aromatic N) is 2. The molecule has 0 aromatic heterocycles. The predicted octanol–water partition coefficient (Wildman–Crippen LogP) is 3.38. The Hall–Kier alpha value is -2.23. The van der Waals surface area contributed by atoms with Crippen molar-refractivity contribution in [2.24, 2.45) is 10.9 Å². The molecule has 1 unspecified atom stereocenters. The molecular formula is C23H29F2IN4O. The fourth-order valence-electron chi connectivity index (χ4n) is 3.65. The number of hydrogen-bond donors (Lipinski definition) is 2. The van der Waals surface area contributed by atoms with E-state index in [9.17, 15) is 13.6 Å². The summed E-state index contributed by atoms with van der Waals surface area (Å²) in [6.45, 7) is 2.41. The Labute approximate surface area is 199 Å². The third-order valence-electron chi connectivity index (χ3n) is 5.32. The number of carbonyl (C=O) groups excluding carboxylic acids is 1. The molecule has 1 atom stereocenters. The highest BCUT2D eigenvalue weighted by Gasteiger charge is 2.29. The van der Waals surface area contributed by atoms with Gasteiger partial charge in [0, 0.05) is 51.1 Å². The minimum atomic E-state index is -0.542. The highest BCUT2D eigenvalue weighted by Crippen LogP contribution is 2.17. The lowest BCUT2D eigenvalue weighted by Crippen LogP contribution is -2.41. The number of hydrogen-bond acceptors (Lipinski definition) is 2. The van der Waals surface area contributed by atoms with Gasteiger partial charge in [0.05, 0.1) is 0 Å². The molecule has 0 bridgehead atoms. The summed E-state index contributed by atoms with van der Waals surface area (Å²) in [6.07, 6.45) is 1.58. The van der Waals surface area contributed by atoms with Gasteiger partial charge in [0.25, 0.3) is 0 Å². The van der Waals surface area contributed by atoms with Gasteiger partial charge in [-0.1, -0.05) is 36.4 Å². The smallest absolute Gasteiger partial charge is 0.223 e. The molecule has 31 heavy (non-hydrogen) atoms. The Morgan fingerprint density at radius 2 is 1.77 bits per heavy atom. The largest absolute Gasteiger partial charge is 0.356 e. The van der Waals surface area contributed by atoms with Crippen molar-refractivity contribution >= 4 is 35.8 Å². The van der Waals surface area contributed by atoms with Crippen molar-refractivity contribution in [2.75, 3.05) is 33.2 Å². The van der Waals surface area contributed by atoms with Gasteiger partial charge in [-0.25, -0.2) is 8.78 Å². The number of nitrogens with one attached hydrogen (secondary N) is 2. The number of likely N-dealkylation sites (tertiary alicyclic amines) is 1. The van der Waals surface area contributed by atoms with Crippen LogP contribution in [-0.4, -0.2) is 50.0 Å². The maximum Gasteiger partial charge on any atom is 0.223 e. The van der Waals surface area contributed by atoms with Crippen molar-refractivity contribution in [1.82, 2.24) is 15.5 Å². The summed E-state index contributed by atoms with van der Waals surface area (Å²) in [6, 6.07) is 14.0. The molecule has 1 aliphatic rings. The molecule has 0 radical (unpaired) electrons. The van der Waals surface area contributed by atoms with Gasteiger partial charge in [-0.2, -0.15) is 0 Å². The van der Waals surface area contributed by atoms with Crippen LogP contribution in [0.4, 0.5) is 8.78 Å². The first-order valence-electron chi connectivity index (χ1n) is 10.3. The molecule has 3 rings (SSSR count). The van der Waals surface area contributed by atoms with E-state index in [0.717, 1.165) is 19.5 Å². The molecule has 2 aromatic rings. The molecule has 168 valence electrons. The SMILES string of the molecule is CN=C(NCCc1c(F)cccc1F)NCC1CC(=O)N(CCc2ccccc2)C1.I. The predicted molar refractivity (Wildman–Crippen MR) is 130 cm³/mol. The van der Waals surface area contributed by atoms with Crippen molar-refractivity contribution in [2.45, 2.75) is 19.3 Å². The van der Waals surface area contributed by atoms with Crippen LogP contribution in [0.5, 0.6) is 0 Å². The lowest BCUT2D eigenvalue weighted by Gasteiger charge is -2.18. The topological polar surface area (TPSA) is 56.7 Å². The maximum absolute atomic E-state index is 13.7. The number of halogens is 3. The summed E-state index contributed by atoms with van der Waals surface area (Å²) in [5.41, 5.74) is 1.29. The number of carbonyl (C=O) groups is 1. The second kappa shape index (κ2) is 12.6. The van der Waals surface area contributed by atoms with Gasteiger partial charge in [-0.05, 0) is 30.5 Å². The van der Waals surface area contributed by atoms with Crippen LogP contribution in [0.1, 0.15) is 17.5 Å². The van der Waals surface area contributed by atoms with Crippen LogP contribution in [0.2, 0.25) is 0 Å². The third-order valence-corrected chi connectivity index (χ3v) is 5.32. The van der Waals surface area contributed by atoms with Crippen LogP contribution >= 0.6 is 24.0 Å². The normalized spacial score (nSPS) is 16.2. The van der Waals surface area contributed by atoms with Crippen LogP contribution in [0.3, 0.4) is 0 Å². The van der Waals surface area contributed by atoms with E-state index in [1.807, 2.05) is 23.1 Å². The zero-order valence-corrected chi connectivity index (χ0v) is 19.9. The summed E-state index contributed by atoms with van der Waals surface area (Å²) in [5, 5.41) is 6.29. The number of benzene rings is 2. The van der Waals surface area contributed by atoms with E-state index < -0.39 is 11.6 Å². The average Bonchev–Trinajstić information content (AvgIpc) is 3.11. The Morgan fingerprint density at radius 1 is 1.06 bits per heavy atom. The Bertz CT molecular complexity index is 859. The molecule has 1 fully saturated rings. The van der Waals surface area contributed by atoms with Crippen LogP contribution < -0.4 is 10.6 Å². The third kappa shape index (κ3) is 7.45. The van der Waals surface area contributed by atoms with Gasteiger partial charge in [0.1, 0.15) is 11.6 Å².